The molecule has 1 aliphatic carbocycles. The van der Waals surface area contributed by atoms with E-state index in [0.29, 0.717) is 35.5 Å². The number of amides is 1. The molecule has 0 spiro atoms. The summed E-state index contributed by atoms with van der Waals surface area (Å²) in [7, 11) is 2.71. The van der Waals surface area contributed by atoms with E-state index in [9.17, 15) is 18.4 Å². The summed E-state index contributed by atoms with van der Waals surface area (Å²) in [5.41, 5.74) is 0.553. The predicted molar refractivity (Wildman–Crippen MR) is 133 cm³/mol. The highest BCUT2D eigenvalue weighted by molar-refractivity contribution is 5.92. The van der Waals surface area contributed by atoms with Crippen molar-refractivity contribution in [1.29, 1.82) is 0 Å². The smallest absolute Gasteiger partial charge is 0.497 e. The standard InChI is InChI=1S/C29H24F3NO7/c1-36-17-5-7-19-21(14-24(38-23(19)13-17)18-6-3-15(11-20(18)30)26(34)37-2)33-27(35)28(9-10-28)16-4-8-22-25(12-16)40-29(31,32)39-22/h3-8,11-13,21,24H,9-10,14H2,1-2H3,(H,33,35)/t21-,24-/m1/s1. The minimum atomic E-state index is -3.76. The number of hydrogen-bond donors (Lipinski definition) is 1. The van der Waals surface area contributed by atoms with Gasteiger partial charge in [-0.3, -0.25) is 4.79 Å². The van der Waals surface area contributed by atoms with Crippen molar-refractivity contribution in [3.05, 3.63) is 82.7 Å². The Morgan fingerprint density at radius 1 is 0.925 bits per heavy atom. The molecule has 0 bridgehead atoms. The van der Waals surface area contributed by atoms with Crippen molar-refractivity contribution in [2.45, 2.75) is 43.1 Å². The molecule has 1 fully saturated rings. The number of fused-ring (bicyclic) bond motifs is 2. The largest absolute Gasteiger partial charge is 0.586 e. The number of esters is 1. The van der Waals surface area contributed by atoms with Crippen LogP contribution >= 0.6 is 0 Å². The molecule has 2 aliphatic heterocycles. The Morgan fingerprint density at radius 2 is 1.68 bits per heavy atom. The van der Waals surface area contributed by atoms with Crippen molar-refractivity contribution in [3.63, 3.8) is 0 Å². The molecule has 1 amide bonds. The summed E-state index contributed by atoms with van der Waals surface area (Å²) in [5, 5.41) is 3.08. The topological polar surface area (TPSA) is 92.3 Å². The molecule has 3 aromatic rings. The van der Waals surface area contributed by atoms with Gasteiger partial charge in [0.15, 0.2) is 11.5 Å². The van der Waals surface area contributed by atoms with Crippen molar-refractivity contribution in [1.82, 2.24) is 5.32 Å². The van der Waals surface area contributed by atoms with Crippen LogP contribution in [0, 0.1) is 5.82 Å². The first-order valence-electron chi connectivity index (χ1n) is 12.6. The monoisotopic (exact) mass is 555 g/mol. The van der Waals surface area contributed by atoms with Crippen LogP contribution in [0.5, 0.6) is 23.0 Å². The molecule has 11 heteroatoms. The molecule has 0 saturated heterocycles. The van der Waals surface area contributed by atoms with Crippen LogP contribution in [0.1, 0.15) is 58.5 Å². The molecule has 2 atom stereocenters. The van der Waals surface area contributed by atoms with Crippen LogP contribution in [-0.4, -0.2) is 32.4 Å². The predicted octanol–water partition coefficient (Wildman–Crippen LogP) is 5.36. The Labute approximate surface area is 226 Å². The zero-order valence-corrected chi connectivity index (χ0v) is 21.5. The quantitative estimate of drug-likeness (QED) is 0.410. The number of ether oxygens (including phenoxy) is 5. The van der Waals surface area contributed by atoms with Gasteiger partial charge in [-0.2, -0.15) is 0 Å². The van der Waals surface area contributed by atoms with E-state index in [4.69, 9.17) is 9.47 Å². The lowest BCUT2D eigenvalue weighted by molar-refractivity contribution is -0.286. The zero-order chi connectivity index (χ0) is 28.2. The number of nitrogens with one attached hydrogen (secondary N) is 1. The molecule has 8 nitrogen and oxygen atoms in total. The zero-order valence-electron chi connectivity index (χ0n) is 21.5. The molecule has 0 radical (unpaired) electrons. The third-order valence-electron chi connectivity index (χ3n) is 7.53. The fourth-order valence-corrected chi connectivity index (χ4v) is 5.25. The van der Waals surface area contributed by atoms with Crippen LogP contribution in [0.3, 0.4) is 0 Å². The molecule has 40 heavy (non-hydrogen) atoms. The van der Waals surface area contributed by atoms with E-state index < -0.39 is 35.6 Å². The van der Waals surface area contributed by atoms with Gasteiger partial charge in [0.2, 0.25) is 5.91 Å². The summed E-state index contributed by atoms with van der Waals surface area (Å²) in [4.78, 5) is 25.5. The molecule has 1 N–H and O–H groups in total. The van der Waals surface area contributed by atoms with Crippen molar-refractivity contribution in [2.75, 3.05) is 14.2 Å². The second-order valence-electron chi connectivity index (χ2n) is 9.91. The number of alkyl halides is 2. The Bertz CT molecular complexity index is 1520. The van der Waals surface area contributed by atoms with Gasteiger partial charge in [-0.25, -0.2) is 9.18 Å². The normalized spacial score (nSPS) is 21.0. The maximum Gasteiger partial charge on any atom is 0.586 e. The van der Waals surface area contributed by atoms with Gasteiger partial charge >= 0.3 is 12.3 Å². The van der Waals surface area contributed by atoms with Gasteiger partial charge in [0.05, 0.1) is 31.2 Å². The average molecular weight is 556 g/mol. The Morgan fingerprint density at radius 3 is 2.38 bits per heavy atom. The number of methoxy groups -OCH3 is 2. The first-order chi connectivity index (χ1) is 19.1. The van der Waals surface area contributed by atoms with E-state index in [1.807, 2.05) is 0 Å². The van der Waals surface area contributed by atoms with E-state index >= 15 is 4.39 Å². The summed E-state index contributed by atoms with van der Waals surface area (Å²) in [5.74, 6) is -0.921. The van der Waals surface area contributed by atoms with Gasteiger partial charge in [0.25, 0.3) is 0 Å². The molecular weight excluding hydrogens is 531 g/mol. The highest BCUT2D eigenvalue weighted by Crippen LogP contribution is 2.53. The van der Waals surface area contributed by atoms with E-state index in [1.54, 1.807) is 24.3 Å². The first kappa shape index (κ1) is 25.8. The van der Waals surface area contributed by atoms with E-state index in [-0.39, 0.29) is 35.0 Å². The second-order valence-corrected chi connectivity index (χ2v) is 9.91. The molecule has 2 heterocycles. The van der Waals surface area contributed by atoms with E-state index in [0.717, 1.165) is 6.07 Å². The SMILES string of the molecule is COC(=O)c1ccc([C@H]2C[C@@H](NC(=O)C3(c4ccc5c(c4)OC(F)(F)O5)CC3)c3ccc(OC)cc3O2)c(F)c1. The van der Waals surface area contributed by atoms with Crippen molar-refractivity contribution < 1.29 is 46.4 Å². The third kappa shape index (κ3) is 4.44. The van der Waals surface area contributed by atoms with Crippen molar-refractivity contribution >= 4 is 11.9 Å². The summed E-state index contributed by atoms with van der Waals surface area (Å²) in [6.07, 6.45) is -3.32. The van der Waals surface area contributed by atoms with Crippen LogP contribution in [0.4, 0.5) is 13.2 Å². The van der Waals surface area contributed by atoms with E-state index in [2.05, 4.69) is 19.5 Å². The van der Waals surface area contributed by atoms with Crippen LogP contribution in [0.25, 0.3) is 0 Å². The maximum absolute atomic E-state index is 15.2. The number of benzene rings is 3. The van der Waals surface area contributed by atoms with Gasteiger partial charge in [-0.05, 0) is 54.8 Å². The van der Waals surface area contributed by atoms with Gasteiger partial charge in [0.1, 0.15) is 23.4 Å². The van der Waals surface area contributed by atoms with E-state index in [1.165, 1.54) is 38.5 Å². The summed E-state index contributed by atoms with van der Waals surface area (Å²) >= 11 is 0. The minimum Gasteiger partial charge on any atom is -0.497 e. The summed E-state index contributed by atoms with van der Waals surface area (Å²) < 4.78 is 67.4. The third-order valence-corrected chi connectivity index (χ3v) is 7.53. The van der Waals surface area contributed by atoms with Gasteiger partial charge in [-0.1, -0.05) is 12.1 Å². The highest BCUT2D eigenvalue weighted by Gasteiger charge is 2.53. The van der Waals surface area contributed by atoms with Crippen LogP contribution < -0.4 is 24.3 Å². The molecule has 208 valence electrons. The minimum absolute atomic E-state index is 0.0589. The Balaban J connectivity index is 1.29. The fourth-order valence-electron chi connectivity index (χ4n) is 5.25. The average Bonchev–Trinajstić information content (AvgIpc) is 3.69. The van der Waals surface area contributed by atoms with Crippen LogP contribution in [0.2, 0.25) is 0 Å². The summed E-state index contributed by atoms with van der Waals surface area (Å²) in [6.45, 7) is 0. The molecule has 6 rings (SSSR count). The number of hydrogen-bond acceptors (Lipinski definition) is 7. The van der Waals surface area contributed by atoms with Crippen LogP contribution in [-0.2, 0) is 14.9 Å². The van der Waals surface area contributed by atoms with Crippen LogP contribution in [0.15, 0.2) is 54.6 Å². The molecule has 1 saturated carbocycles. The number of rotatable bonds is 6. The lowest BCUT2D eigenvalue weighted by Crippen LogP contribution is -2.39. The summed E-state index contributed by atoms with van der Waals surface area (Å²) in [6, 6.07) is 13.0. The molecule has 0 aromatic heterocycles. The molecule has 0 unspecified atom stereocenters. The molecular formula is C29H24F3NO7. The second kappa shape index (κ2) is 9.35. The number of carbonyl (C=O) groups excluding carboxylic acids is 2. The fraction of sp³-hybridized carbons (Fsp3) is 0.310. The van der Waals surface area contributed by atoms with Gasteiger partial charge in [0, 0.05) is 23.6 Å². The number of halogens is 3. The first-order valence-corrected chi connectivity index (χ1v) is 12.6. The maximum atomic E-state index is 15.2. The van der Waals surface area contributed by atoms with Crippen molar-refractivity contribution in [3.8, 4) is 23.0 Å². The van der Waals surface area contributed by atoms with Gasteiger partial charge in [-0.15, -0.1) is 8.78 Å². The molecule has 3 aromatic carbocycles. The lowest BCUT2D eigenvalue weighted by atomic mass is 9.90. The number of carbonyl (C=O) groups is 2. The molecule has 3 aliphatic rings. The Hall–Kier alpha value is -4.41. The van der Waals surface area contributed by atoms with Crippen molar-refractivity contribution in [2.24, 2.45) is 0 Å². The lowest BCUT2D eigenvalue weighted by Gasteiger charge is -2.34. The highest BCUT2D eigenvalue weighted by atomic mass is 19.3. The Kier molecular flexibility index (Phi) is 6.04. The van der Waals surface area contributed by atoms with Gasteiger partial charge < -0.3 is 29.0 Å².